The maximum Gasteiger partial charge on any atom is 0.240 e. The molecular formula is C15H20N4OS. The average Bonchev–Trinajstić information content (AvgIpc) is 2.81. The second-order valence-electron chi connectivity index (χ2n) is 5.01. The Kier molecular flexibility index (Phi) is 5.27. The number of aromatic amines is 1. The fraction of sp³-hybridized carbons (Fsp3) is 0.400. The molecule has 2 aromatic rings. The van der Waals surface area contributed by atoms with Gasteiger partial charge in [-0.15, -0.1) is 0 Å². The molecule has 1 heterocycles. The van der Waals surface area contributed by atoms with Gasteiger partial charge >= 0.3 is 0 Å². The number of unbranched alkanes of at least 4 members (excludes halogenated alkanes) is 1. The van der Waals surface area contributed by atoms with Crippen molar-refractivity contribution in [3.05, 3.63) is 34.6 Å². The van der Waals surface area contributed by atoms with Crippen molar-refractivity contribution in [2.75, 3.05) is 6.54 Å². The van der Waals surface area contributed by atoms with Crippen molar-refractivity contribution in [1.82, 2.24) is 20.1 Å². The monoisotopic (exact) mass is 304 g/mol. The van der Waals surface area contributed by atoms with E-state index < -0.39 is 0 Å². The minimum atomic E-state index is -0.0464. The van der Waals surface area contributed by atoms with Crippen LogP contribution in [0.3, 0.4) is 0 Å². The van der Waals surface area contributed by atoms with Crippen LogP contribution in [0.2, 0.25) is 0 Å². The molecule has 0 bridgehead atoms. The summed E-state index contributed by atoms with van der Waals surface area (Å²) in [4.78, 5) is 12.0. The summed E-state index contributed by atoms with van der Waals surface area (Å²) in [7, 11) is 0. The number of hydrogen-bond acceptors (Lipinski definition) is 3. The molecule has 5 nitrogen and oxygen atoms in total. The van der Waals surface area contributed by atoms with Gasteiger partial charge in [-0.2, -0.15) is 5.10 Å². The van der Waals surface area contributed by atoms with E-state index in [-0.39, 0.29) is 12.5 Å². The first-order valence-electron chi connectivity index (χ1n) is 7.10. The highest BCUT2D eigenvalue weighted by Crippen LogP contribution is 2.18. The maximum atomic E-state index is 12.0. The maximum absolute atomic E-state index is 12.0. The van der Waals surface area contributed by atoms with Crippen LogP contribution in [0.25, 0.3) is 11.4 Å². The molecule has 1 aromatic carbocycles. The summed E-state index contributed by atoms with van der Waals surface area (Å²) in [6.45, 7) is 4.99. The minimum absolute atomic E-state index is 0.0464. The Bertz CT molecular complexity index is 674. The molecule has 0 saturated carbocycles. The third kappa shape index (κ3) is 4.01. The SMILES string of the molecule is CCCCNC(=O)Cn1c(-c2cccc(C)c2)n[nH]c1=S. The summed E-state index contributed by atoms with van der Waals surface area (Å²) in [5, 5.41) is 9.90. The van der Waals surface area contributed by atoms with Crippen LogP contribution in [-0.2, 0) is 11.3 Å². The molecule has 0 aliphatic carbocycles. The van der Waals surface area contributed by atoms with E-state index in [4.69, 9.17) is 12.2 Å². The van der Waals surface area contributed by atoms with Crippen LogP contribution in [0.1, 0.15) is 25.3 Å². The molecule has 0 radical (unpaired) electrons. The van der Waals surface area contributed by atoms with Gasteiger partial charge in [0.2, 0.25) is 5.91 Å². The molecule has 0 atom stereocenters. The lowest BCUT2D eigenvalue weighted by Crippen LogP contribution is -2.28. The Morgan fingerprint density at radius 3 is 3.00 bits per heavy atom. The number of H-pyrrole nitrogens is 1. The molecule has 2 rings (SSSR count). The Morgan fingerprint density at radius 2 is 2.29 bits per heavy atom. The molecule has 0 fully saturated rings. The minimum Gasteiger partial charge on any atom is -0.355 e. The number of hydrogen-bond donors (Lipinski definition) is 2. The largest absolute Gasteiger partial charge is 0.355 e. The molecular weight excluding hydrogens is 284 g/mol. The lowest BCUT2D eigenvalue weighted by Gasteiger charge is -2.08. The summed E-state index contributed by atoms with van der Waals surface area (Å²) >= 11 is 5.22. The van der Waals surface area contributed by atoms with Gasteiger partial charge < -0.3 is 5.32 Å². The van der Waals surface area contributed by atoms with Crippen LogP contribution < -0.4 is 5.32 Å². The number of nitrogens with zero attached hydrogens (tertiary/aromatic N) is 2. The second kappa shape index (κ2) is 7.17. The number of aryl methyl sites for hydroxylation is 1. The molecule has 1 amide bonds. The van der Waals surface area contributed by atoms with E-state index in [2.05, 4.69) is 22.4 Å². The molecule has 0 spiro atoms. The molecule has 0 aliphatic heterocycles. The number of aromatic nitrogens is 3. The van der Waals surface area contributed by atoms with Crippen molar-refractivity contribution in [1.29, 1.82) is 0 Å². The molecule has 0 unspecified atom stereocenters. The van der Waals surface area contributed by atoms with Crippen LogP contribution in [0.15, 0.2) is 24.3 Å². The van der Waals surface area contributed by atoms with E-state index >= 15 is 0 Å². The number of amides is 1. The standard InChI is InChI=1S/C15H20N4OS/c1-3-4-8-16-13(20)10-19-14(17-18-15(19)21)12-7-5-6-11(2)9-12/h5-7,9H,3-4,8,10H2,1-2H3,(H,16,20)(H,18,21). The summed E-state index contributed by atoms with van der Waals surface area (Å²) in [5.74, 6) is 0.643. The highest BCUT2D eigenvalue weighted by molar-refractivity contribution is 7.71. The summed E-state index contributed by atoms with van der Waals surface area (Å²) in [6, 6.07) is 7.97. The van der Waals surface area contributed by atoms with Gasteiger partial charge in [-0.1, -0.05) is 37.1 Å². The van der Waals surface area contributed by atoms with Crippen molar-refractivity contribution in [3.8, 4) is 11.4 Å². The third-order valence-corrected chi connectivity index (χ3v) is 3.50. The van der Waals surface area contributed by atoms with Gasteiger partial charge in [-0.25, -0.2) is 0 Å². The first kappa shape index (κ1) is 15.4. The normalized spacial score (nSPS) is 10.6. The predicted octanol–water partition coefficient (Wildman–Crippen LogP) is 2.83. The third-order valence-electron chi connectivity index (χ3n) is 3.19. The second-order valence-corrected chi connectivity index (χ2v) is 5.40. The molecule has 1 aromatic heterocycles. The predicted molar refractivity (Wildman–Crippen MR) is 85.5 cm³/mol. The Morgan fingerprint density at radius 1 is 1.48 bits per heavy atom. The Labute approximate surface area is 129 Å². The number of nitrogens with one attached hydrogen (secondary N) is 2. The van der Waals surface area contributed by atoms with Crippen molar-refractivity contribution >= 4 is 18.1 Å². The summed E-state index contributed by atoms with van der Waals surface area (Å²) in [6.07, 6.45) is 2.03. The van der Waals surface area contributed by atoms with Gasteiger partial charge in [0.15, 0.2) is 10.6 Å². The highest BCUT2D eigenvalue weighted by atomic mass is 32.1. The van der Waals surface area contributed by atoms with Gasteiger partial charge in [0.25, 0.3) is 0 Å². The zero-order valence-corrected chi connectivity index (χ0v) is 13.2. The van der Waals surface area contributed by atoms with Gasteiger partial charge in [-0.3, -0.25) is 14.5 Å². The fourth-order valence-corrected chi connectivity index (χ4v) is 2.27. The Balaban J connectivity index is 2.19. The van der Waals surface area contributed by atoms with E-state index in [1.54, 1.807) is 4.57 Å². The fourth-order valence-electron chi connectivity index (χ4n) is 2.07. The lowest BCUT2D eigenvalue weighted by molar-refractivity contribution is -0.121. The number of benzene rings is 1. The van der Waals surface area contributed by atoms with Crippen LogP contribution in [-0.4, -0.2) is 27.2 Å². The molecule has 2 N–H and O–H groups in total. The van der Waals surface area contributed by atoms with E-state index in [0.29, 0.717) is 17.1 Å². The number of rotatable bonds is 6. The van der Waals surface area contributed by atoms with E-state index in [1.807, 2.05) is 31.2 Å². The lowest BCUT2D eigenvalue weighted by atomic mass is 10.1. The quantitative estimate of drug-likeness (QED) is 0.637. The number of carbonyl (C=O) groups excluding carboxylic acids is 1. The molecule has 0 aliphatic rings. The molecule has 21 heavy (non-hydrogen) atoms. The molecule has 0 saturated heterocycles. The van der Waals surface area contributed by atoms with Crippen LogP contribution in [0.5, 0.6) is 0 Å². The van der Waals surface area contributed by atoms with E-state index in [9.17, 15) is 4.79 Å². The zero-order valence-electron chi connectivity index (χ0n) is 12.3. The average molecular weight is 304 g/mol. The van der Waals surface area contributed by atoms with Gasteiger partial charge in [0.05, 0.1) is 0 Å². The van der Waals surface area contributed by atoms with Crippen molar-refractivity contribution in [2.45, 2.75) is 33.2 Å². The van der Waals surface area contributed by atoms with Gasteiger partial charge in [0.1, 0.15) is 6.54 Å². The summed E-state index contributed by atoms with van der Waals surface area (Å²) in [5.41, 5.74) is 2.09. The molecule has 112 valence electrons. The van der Waals surface area contributed by atoms with Crippen molar-refractivity contribution in [3.63, 3.8) is 0 Å². The zero-order chi connectivity index (χ0) is 15.2. The van der Waals surface area contributed by atoms with E-state index in [0.717, 1.165) is 24.0 Å². The van der Waals surface area contributed by atoms with Crippen LogP contribution in [0, 0.1) is 11.7 Å². The topological polar surface area (TPSA) is 62.7 Å². The van der Waals surface area contributed by atoms with Crippen molar-refractivity contribution in [2.24, 2.45) is 0 Å². The van der Waals surface area contributed by atoms with Gasteiger partial charge in [0, 0.05) is 12.1 Å². The van der Waals surface area contributed by atoms with Crippen LogP contribution in [0.4, 0.5) is 0 Å². The summed E-state index contributed by atoms with van der Waals surface area (Å²) < 4.78 is 2.18. The van der Waals surface area contributed by atoms with Gasteiger partial charge in [-0.05, 0) is 31.6 Å². The first-order chi connectivity index (χ1) is 10.1. The molecule has 6 heteroatoms. The van der Waals surface area contributed by atoms with E-state index in [1.165, 1.54) is 0 Å². The van der Waals surface area contributed by atoms with Crippen molar-refractivity contribution < 1.29 is 4.79 Å². The first-order valence-corrected chi connectivity index (χ1v) is 7.51. The Hall–Kier alpha value is -1.95. The van der Waals surface area contributed by atoms with Crippen LogP contribution >= 0.6 is 12.2 Å². The smallest absolute Gasteiger partial charge is 0.240 e. The number of carbonyl (C=O) groups is 1. The highest BCUT2D eigenvalue weighted by Gasteiger charge is 2.12.